The fourth-order valence-corrected chi connectivity index (χ4v) is 3.20. The van der Waals surface area contributed by atoms with E-state index in [-0.39, 0.29) is 12.3 Å². The third-order valence-corrected chi connectivity index (χ3v) is 4.74. The van der Waals surface area contributed by atoms with Crippen molar-refractivity contribution in [2.75, 3.05) is 13.1 Å². The van der Waals surface area contributed by atoms with Crippen LogP contribution in [0.2, 0.25) is 0 Å². The first-order valence-corrected chi connectivity index (χ1v) is 8.87. The van der Waals surface area contributed by atoms with Gasteiger partial charge < -0.3 is 20.2 Å². The van der Waals surface area contributed by atoms with Crippen LogP contribution in [-0.2, 0) is 16.0 Å². The number of carboxylic acid groups (broad SMARTS) is 2. The van der Waals surface area contributed by atoms with Crippen LogP contribution in [0.25, 0.3) is 0 Å². The van der Waals surface area contributed by atoms with Crippen LogP contribution in [0.3, 0.4) is 0 Å². The third kappa shape index (κ3) is 5.29. The van der Waals surface area contributed by atoms with Gasteiger partial charge >= 0.3 is 11.9 Å². The maximum Gasteiger partial charge on any atom is 0.336 e. The van der Waals surface area contributed by atoms with E-state index in [0.29, 0.717) is 18.4 Å². The lowest BCUT2D eigenvalue weighted by Crippen LogP contribution is -2.40. The van der Waals surface area contributed by atoms with Gasteiger partial charge in [-0.3, -0.25) is 9.59 Å². The van der Waals surface area contributed by atoms with Gasteiger partial charge in [-0.2, -0.15) is 0 Å². The normalized spacial score (nSPS) is 16.7. The van der Waals surface area contributed by atoms with E-state index >= 15 is 0 Å². The molecular weight excluding hydrogens is 338 g/mol. The van der Waals surface area contributed by atoms with Gasteiger partial charge in [0.1, 0.15) is 0 Å². The summed E-state index contributed by atoms with van der Waals surface area (Å²) in [5.74, 6) is -2.85. The van der Waals surface area contributed by atoms with Crippen LogP contribution >= 0.6 is 0 Å². The quantitative estimate of drug-likeness (QED) is 0.650. The van der Waals surface area contributed by atoms with Crippen molar-refractivity contribution < 1.29 is 29.7 Å². The molecule has 1 amide bonds. The molecule has 0 bridgehead atoms. The second-order valence-electron chi connectivity index (χ2n) is 6.81. The summed E-state index contributed by atoms with van der Waals surface area (Å²) < 4.78 is 0. The zero-order chi connectivity index (χ0) is 19.2. The van der Waals surface area contributed by atoms with Gasteiger partial charge in [0.15, 0.2) is 5.60 Å². The first-order chi connectivity index (χ1) is 12.3. The molecule has 7 nitrogen and oxygen atoms in total. The number of nitrogens with zero attached hydrogens (tertiary/aromatic N) is 1. The van der Waals surface area contributed by atoms with Gasteiger partial charge in [-0.15, -0.1) is 0 Å². The predicted molar refractivity (Wildman–Crippen MR) is 94.0 cm³/mol. The van der Waals surface area contributed by atoms with Crippen LogP contribution in [0.5, 0.6) is 0 Å². The minimum atomic E-state index is -2.25. The van der Waals surface area contributed by atoms with Gasteiger partial charge in [0.2, 0.25) is 0 Å². The van der Waals surface area contributed by atoms with Crippen molar-refractivity contribution in [2.45, 2.75) is 50.5 Å². The van der Waals surface area contributed by atoms with Crippen molar-refractivity contribution in [1.29, 1.82) is 0 Å². The van der Waals surface area contributed by atoms with Crippen molar-refractivity contribution in [3.05, 3.63) is 35.4 Å². The molecule has 1 atom stereocenters. The molecule has 1 aliphatic heterocycles. The molecule has 3 N–H and O–H groups in total. The van der Waals surface area contributed by atoms with Crippen molar-refractivity contribution in [1.82, 2.24) is 4.90 Å². The van der Waals surface area contributed by atoms with E-state index in [0.717, 1.165) is 37.9 Å². The Bertz CT molecular complexity index is 650. The maximum absolute atomic E-state index is 12.4. The summed E-state index contributed by atoms with van der Waals surface area (Å²) in [6.45, 7) is 1.58. The van der Waals surface area contributed by atoms with Gasteiger partial charge in [-0.05, 0) is 56.2 Å². The van der Waals surface area contributed by atoms with E-state index in [1.165, 1.54) is 0 Å². The lowest BCUT2D eigenvalue weighted by atomic mass is 9.92. The monoisotopic (exact) mass is 363 g/mol. The van der Waals surface area contributed by atoms with Gasteiger partial charge in [0.05, 0.1) is 6.42 Å². The molecule has 7 heteroatoms. The van der Waals surface area contributed by atoms with Crippen molar-refractivity contribution in [2.24, 2.45) is 0 Å². The van der Waals surface area contributed by atoms with Crippen molar-refractivity contribution in [3.63, 3.8) is 0 Å². The third-order valence-electron chi connectivity index (χ3n) is 4.74. The van der Waals surface area contributed by atoms with E-state index in [9.17, 15) is 19.5 Å². The molecule has 1 aromatic carbocycles. The molecule has 1 saturated heterocycles. The molecule has 0 aromatic heterocycles. The molecule has 1 aromatic rings. The molecule has 0 radical (unpaired) electrons. The average molecular weight is 363 g/mol. The minimum absolute atomic E-state index is 0.0259. The number of aliphatic hydroxyl groups is 1. The molecule has 0 unspecified atom stereocenters. The number of carbonyl (C=O) groups is 3. The SMILES string of the molecule is O=C(O)C[C@](O)(CCCc1ccc(C(=O)N2CCCCC2)cc1)C(=O)O. The Labute approximate surface area is 152 Å². The fourth-order valence-electron chi connectivity index (χ4n) is 3.20. The average Bonchev–Trinajstić information content (AvgIpc) is 2.61. The van der Waals surface area contributed by atoms with E-state index in [1.54, 1.807) is 12.1 Å². The summed E-state index contributed by atoms with van der Waals surface area (Å²) in [4.78, 5) is 36.1. The van der Waals surface area contributed by atoms with Gasteiger partial charge in [0, 0.05) is 18.7 Å². The first-order valence-electron chi connectivity index (χ1n) is 8.87. The zero-order valence-electron chi connectivity index (χ0n) is 14.7. The van der Waals surface area contributed by atoms with Crippen LogP contribution in [0, 0.1) is 0 Å². The highest BCUT2D eigenvalue weighted by atomic mass is 16.4. The molecule has 1 heterocycles. The summed E-state index contributed by atoms with van der Waals surface area (Å²) >= 11 is 0. The van der Waals surface area contributed by atoms with Gasteiger partial charge in [0.25, 0.3) is 5.91 Å². The van der Waals surface area contributed by atoms with Crippen LogP contribution < -0.4 is 0 Å². The second kappa shape index (κ2) is 8.80. The number of likely N-dealkylation sites (tertiary alicyclic amines) is 1. The van der Waals surface area contributed by atoms with Crippen LogP contribution in [0.15, 0.2) is 24.3 Å². The van der Waals surface area contributed by atoms with Crippen LogP contribution in [-0.4, -0.2) is 56.8 Å². The molecule has 0 saturated carbocycles. The van der Waals surface area contributed by atoms with Gasteiger partial charge in [-0.25, -0.2) is 4.79 Å². The molecule has 0 aliphatic carbocycles. The Morgan fingerprint density at radius 2 is 1.62 bits per heavy atom. The highest BCUT2D eigenvalue weighted by molar-refractivity contribution is 5.94. The largest absolute Gasteiger partial charge is 0.481 e. The van der Waals surface area contributed by atoms with Gasteiger partial charge in [-0.1, -0.05) is 12.1 Å². The smallest absolute Gasteiger partial charge is 0.336 e. The number of hydrogen-bond donors (Lipinski definition) is 3. The maximum atomic E-state index is 12.4. The molecule has 142 valence electrons. The topological polar surface area (TPSA) is 115 Å². The Morgan fingerprint density at radius 1 is 1.00 bits per heavy atom. The lowest BCUT2D eigenvalue weighted by Gasteiger charge is -2.26. The Hall–Kier alpha value is -2.41. The molecule has 26 heavy (non-hydrogen) atoms. The summed E-state index contributed by atoms with van der Waals surface area (Å²) in [7, 11) is 0. The Balaban J connectivity index is 1.89. The number of aryl methyl sites for hydroxylation is 1. The molecular formula is C19H25NO6. The van der Waals surface area contributed by atoms with Crippen molar-refractivity contribution >= 4 is 17.8 Å². The number of rotatable bonds is 8. The Kier molecular flexibility index (Phi) is 6.74. The predicted octanol–water partition coefficient (Wildman–Crippen LogP) is 1.93. The standard InChI is InChI=1S/C19H25NO6/c21-16(22)13-19(26,18(24)25)10-4-5-14-6-8-15(9-7-14)17(23)20-11-2-1-3-12-20/h6-9,26H,1-5,10-13H2,(H,21,22)(H,24,25)/t19-/m1/s1. The van der Waals surface area contributed by atoms with Crippen molar-refractivity contribution in [3.8, 4) is 0 Å². The van der Waals surface area contributed by atoms with E-state index in [1.807, 2.05) is 17.0 Å². The highest BCUT2D eigenvalue weighted by Gasteiger charge is 2.37. The number of aliphatic carboxylic acids is 2. The fraction of sp³-hybridized carbons (Fsp3) is 0.526. The van der Waals surface area contributed by atoms with Crippen LogP contribution in [0.4, 0.5) is 0 Å². The van der Waals surface area contributed by atoms with Crippen LogP contribution in [0.1, 0.15) is 54.4 Å². The number of piperidine rings is 1. The Morgan fingerprint density at radius 3 is 2.15 bits per heavy atom. The summed E-state index contributed by atoms with van der Waals surface area (Å²) in [6.07, 6.45) is 3.07. The molecule has 0 spiro atoms. The highest BCUT2D eigenvalue weighted by Crippen LogP contribution is 2.20. The second-order valence-corrected chi connectivity index (χ2v) is 6.81. The zero-order valence-corrected chi connectivity index (χ0v) is 14.7. The molecule has 1 aliphatic rings. The first kappa shape index (κ1) is 19.9. The molecule has 1 fully saturated rings. The lowest BCUT2D eigenvalue weighted by molar-refractivity contribution is -0.166. The molecule has 2 rings (SSSR count). The van der Waals surface area contributed by atoms with E-state index in [2.05, 4.69) is 0 Å². The number of hydrogen-bond acceptors (Lipinski definition) is 4. The van der Waals surface area contributed by atoms with E-state index < -0.39 is 24.0 Å². The van der Waals surface area contributed by atoms with E-state index in [4.69, 9.17) is 10.2 Å². The number of carboxylic acids is 2. The number of carbonyl (C=O) groups excluding carboxylic acids is 1. The minimum Gasteiger partial charge on any atom is -0.481 e. The summed E-state index contributed by atoms with van der Waals surface area (Å²) in [5.41, 5.74) is -0.720. The number of benzene rings is 1. The summed E-state index contributed by atoms with van der Waals surface area (Å²) in [6, 6.07) is 7.14. The summed E-state index contributed by atoms with van der Waals surface area (Å²) in [5, 5.41) is 27.8. The number of amides is 1.